The average Bonchev–Trinajstić information content (AvgIpc) is 2.77. The molecule has 0 aliphatic rings. The van der Waals surface area contributed by atoms with E-state index in [0.717, 1.165) is 22.3 Å². The summed E-state index contributed by atoms with van der Waals surface area (Å²) in [6.07, 6.45) is 0. The average molecular weight is 444 g/mol. The van der Waals surface area contributed by atoms with Crippen molar-refractivity contribution >= 4 is 11.6 Å². The van der Waals surface area contributed by atoms with Gasteiger partial charge < -0.3 is 0 Å². The number of hydrogen-bond acceptors (Lipinski definition) is 2. The quantitative estimate of drug-likeness (QED) is 0.327. The first kappa shape index (κ1) is 23.7. The van der Waals surface area contributed by atoms with Crippen LogP contribution in [0.5, 0.6) is 0 Å². The fourth-order valence-electron chi connectivity index (χ4n) is 2.57. The molecule has 4 aromatic rings. The van der Waals surface area contributed by atoms with Crippen molar-refractivity contribution in [2.45, 2.75) is 0 Å². The highest BCUT2D eigenvalue weighted by Crippen LogP contribution is 2.20. The fourth-order valence-corrected chi connectivity index (χ4v) is 2.57. The second kappa shape index (κ2) is 12.2. The summed E-state index contributed by atoms with van der Waals surface area (Å²) in [7, 11) is 0. The maximum atomic E-state index is 12.6. The van der Waals surface area contributed by atoms with Crippen molar-refractivity contribution in [2.75, 3.05) is 0 Å². The maximum absolute atomic E-state index is 12.6. The van der Waals surface area contributed by atoms with Gasteiger partial charge in [0.1, 0.15) is 23.3 Å². The molecular formula is C24H16F4O2S. The highest BCUT2D eigenvalue weighted by molar-refractivity contribution is 7.51. The van der Waals surface area contributed by atoms with E-state index in [1.165, 1.54) is 48.5 Å². The minimum absolute atomic E-state index is 0.268. The summed E-state index contributed by atoms with van der Waals surface area (Å²) in [6.45, 7) is 0. The van der Waals surface area contributed by atoms with Crippen LogP contribution in [0.4, 0.5) is 17.6 Å². The van der Waals surface area contributed by atoms with E-state index < -0.39 is 11.6 Å². The van der Waals surface area contributed by atoms with Crippen molar-refractivity contribution in [3.63, 3.8) is 0 Å². The van der Waals surface area contributed by atoms with Gasteiger partial charge in [0.25, 0.3) is 0 Å². The molecule has 0 fully saturated rings. The molecule has 31 heavy (non-hydrogen) atoms. The van der Waals surface area contributed by atoms with Crippen LogP contribution < -0.4 is 0 Å². The maximum Gasteiger partial charge on any atom is 0.335 e. The second-order valence-corrected chi connectivity index (χ2v) is 6.23. The summed E-state index contributed by atoms with van der Waals surface area (Å²) < 4.78 is 67.0. The summed E-state index contributed by atoms with van der Waals surface area (Å²) >= 11 is -0.750. The molecule has 4 rings (SSSR count). The van der Waals surface area contributed by atoms with Gasteiger partial charge in [0.2, 0.25) is 0 Å². The molecule has 7 heteroatoms. The van der Waals surface area contributed by atoms with Gasteiger partial charge in [-0.25, -0.2) is 17.6 Å². The van der Waals surface area contributed by atoms with Gasteiger partial charge in [0, 0.05) is 0 Å². The highest BCUT2D eigenvalue weighted by Gasteiger charge is 1.98. The lowest BCUT2D eigenvalue weighted by atomic mass is 10.1. The third kappa shape index (κ3) is 7.98. The van der Waals surface area contributed by atoms with E-state index in [4.69, 9.17) is 8.42 Å². The Labute approximate surface area is 180 Å². The first-order chi connectivity index (χ1) is 14.9. The topological polar surface area (TPSA) is 34.1 Å². The number of halogens is 4. The third-order valence-corrected chi connectivity index (χ3v) is 4.04. The standard InChI is InChI=1S/2C12H8F2.O2S/c2*13-11-5-1-9(2-6-11)10-3-7-12(14)8-4-10;1-3-2/h2*1-8H;. The van der Waals surface area contributed by atoms with Crippen LogP contribution in [-0.4, -0.2) is 8.42 Å². The Morgan fingerprint density at radius 2 is 0.484 bits per heavy atom. The minimum atomic E-state index is -0.750. The molecule has 0 aliphatic heterocycles. The molecule has 2 nitrogen and oxygen atoms in total. The second-order valence-electron chi connectivity index (χ2n) is 6.10. The van der Waals surface area contributed by atoms with Crippen LogP contribution in [0.1, 0.15) is 0 Å². The Bertz CT molecular complexity index is 932. The van der Waals surface area contributed by atoms with Crippen LogP contribution in [0.15, 0.2) is 97.1 Å². The van der Waals surface area contributed by atoms with Crippen LogP contribution in [0.2, 0.25) is 0 Å². The zero-order valence-electron chi connectivity index (χ0n) is 16.0. The molecule has 0 atom stereocenters. The molecule has 158 valence electrons. The monoisotopic (exact) mass is 444 g/mol. The van der Waals surface area contributed by atoms with Crippen LogP contribution in [0.25, 0.3) is 22.3 Å². The van der Waals surface area contributed by atoms with E-state index in [1.54, 1.807) is 48.5 Å². The molecule has 0 unspecified atom stereocenters. The van der Waals surface area contributed by atoms with Crippen molar-refractivity contribution in [2.24, 2.45) is 0 Å². The number of benzene rings is 4. The lowest BCUT2D eigenvalue weighted by molar-refractivity contribution is 0.627. The van der Waals surface area contributed by atoms with Gasteiger partial charge in [0.15, 0.2) is 0 Å². The summed E-state index contributed by atoms with van der Waals surface area (Å²) in [6, 6.07) is 24.5. The normalized spacial score (nSPS) is 9.55. The Balaban J connectivity index is 0.000000196. The number of rotatable bonds is 2. The molecule has 0 saturated carbocycles. The van der Waals surface area contributed by atoms with E-state index in [9.17, 15) is 17.6 Å². The predicted octanol–water partition coefficient (Wildman–Crippen LogP) is 6.59. The van der Waals surface area contributed by atoms with Crippen LogP contribution in [0, 0.1) is 23.3 Å². The Kier molecular flexibility index (Phi) is 9.32. The first-order valence-corrected chi connectivity index (χ1v) is 9.54. The molecule has 0 radical (unpaired) electrons. The van der Waals surface area contributed by atoms with E-state index in [0.29, 0.717) is 0 Å². The highest BCUT2D eigenvalue weighted by atomic mass is 32.1. The van der Waals surface area contributed by atoms with Crippen molar-refractivity contribution in [3.8, 4) is 22.3 Å². The predicted molar refractivity (Wildman–Crippen MR) is 113 cm³/mol. The molecule has 0 saturated heterocycles. The minimum Gasteiger partial charge on any atom is -0.207 e. The van der Waals surface area contributed by atoms with Gasteiger partial charge in [-0.2, -0.15) is 8.42 Å². The van der Waals surface area contributed by atoms with Crippen molar-refractivity contribution < 1.29 is 26.0 Å². The van der Waals surface area contributed by atoms with E-state index in [2.05, 4.69) is 0 Å². The molecular weight excluding hydrogens is 428 g/mol. The zero-order valence-corrected chi connectivity index (χ0v) is 16.8. The lowest BCUT2D eigenvalue weighted by Gasteiger charge is -2.00. The Morgan fingerprint density at radius 3 is 0.613 bits per heavy atom. The molecule has 0 N–H and O–H groups in total. The third-order valence-electron chi connectivity index (χ3n) is 4.04. The smallest absolute Gasteiger partial charge is 0.207 e. The van der Waals surface area contributed by atoms with Gasteiger partial charge >= 0.3 is 11.6 Å². The molecule has 0 aliphatic carbocycles. The molecule has 0 aromatic heterocycles. The van der Waals surface area contributed by atoms with Crippen molar-refractivity contribution in [3.05, 3.63) is 120 Å². The van der Waals surface area contributed by atoms with Crippen LogP contribution in [0.3, 0.4) is 0 Å². The SMILES string of the molecule is Fc1ccc(-c2ccc(F)cc2)cc1.Fc1ccc(-c2ccc(F)cc2)cc1.O=S=O. The van der Waals surface area contributed by atoms with Gasteiger partial charge in [-0.15, -0.1) is 0 Å². The summed E-state index contributed by atoms with van der Waals surface area (Å²) in [4.78, 5) is 0. The number of hydrogen-bond donors (Lipinski definition) is 0. The van der Waals surface area contributed by atoms with Gasteiger partial charge in [0.05, 0.1) is 0 Å². The van der Waals surface area contributed by atoms with Gasteiger partial charge in [-0.05, 0) is 70.8 Å². The van der Waals surface area contributed by atoms with Gasteiger partial charge in [-0.1, -0.05) is 48.5 Å². The summed E-state index contributed by atoms with van der Waals surface area (Å²) in [5, 5.41) is 0. The molecule has 0 amide bonds. The van der Waals surface area contributed by atoms with E-state index >= 15 is 0 Å². The zero-order chi connectivity index (χ0) is 22.6. The molecule has 0 heterocycles. The summed E-state index contributed by atoms with van der Waals surface area (Å²) in [5.41, 5.74) is 3.52. The Hall–Kier alpha value is -3.58. The first-order valence-electron chi connectivity index (χ1n) is 8.87. The fraction of sp³-hybridized carbons (Fsp3) is 0. The molecule has 4 aromatic carbocycles. The molecule has 0 spiro atoms. The van der Waals surface area contributed by atoms with Crippen molar-refractivity contribution in [1.82, 2.24) is 0 Å². The Morgan fingerprint density at radius 1 is 0.355 bits per heavy atom. The van der Waals surface area contributed by atoms with E-state index in [-0.39, 0.29) is 23.3 Å². The van der Waals surface area contributed by atoms with Crippen LogP contribution >= 0.6 is 0 Å². The van der Waals surface area contributed by atoms with Crippen molar-refractivity contribution in [1.29, 1.82) is 0 Å². The largest absolute Gasteiger partial charge is 0.335 e. The lowest BCUT2D eigenvalue weighted by Crippen LogP contribution is -1.79. The van der Waals surface area contributed by atoms with Gasteiger partial charge in [-0.3, -0.25) is 0 Å². The molecule has 0 bridgehead atoms. The summed E-state index contributed by atoms with van der Waals surface area (Å²) in [5.74, 6) is -1.07. The van der Waals surface area contributed by atoms with E-state index in [1.807, 2.05) is 0 Å². The van der Waals surface area contributed by atoms with Crippen LogP contribution in [-0.2, 0) is 11.6 Å².